The number of nitrogens with zero attached hydrogens (tertiary/aromatic N) is 7. The number of aromatic hydroxyl groups is 1. The lowest BCUT2D eigenvalue weighted by Crippen LogP contribution is -2.35. The molecule has 41 heavy (non-hydrogen) atoms. The third kappa shape index (κ3) is 6.24. The van der Waals surface area contributed by atoms with Crippen LogP contribution < -0.4 is 0 Å². The smallest absolute Gasteiger partial charge is 0.252 e. The van der Waals surface area contributed by atoms with Gasteiger partial charge in [0.15, 0.2) is 5.82 Å². The molecule has 0 aliphatic rings. The van der Waals surface area contributed by atoms with E-state index in [0.717, 1.165) is 30.4 Å². The Kier molecular flexibility index (Phi) is 8.48. The SMILES string of the molecule is CC[C@H](C)c1cc(-c2c(F)cc(O)cc2F)nnc1C(C)(c1ccnc(-n2cnc(CCS(C)(=O)=O)n2)n1)C(C)C. The van der Waals surface area contributed by atoms with Gasteiger partial charge in [0.25, 0.3) is 5.95 Å². The predicted molar refractivity (Wildman–Crippen MR) is 149 cm³/mol. The highest BCUT2D eigenvalue weighted by atomic mass is 32.2. The van der Waals surface area contributed by atoms with E-state index in [0.29, 0.717) is 17.2 Å². The number of aryl methyl sites for hydroxylation is 1. The molecule has 1 unspecified atom stereocenters. The van der Waals surface area contributed by atoms with Gasteiger partial charge in [0, 0.05) is 31.0 Å². The lowest BCUT2D eigenvalue weighted by molar-refractivity contribution is 0.374. The van der Waals surface area contributed by atoms with E-state index in [-0.39, 0.29) is 41.2 Å². The molecule has 0 radical (unpaired) electrons. The Labute approximate surface area is 237 Å². The molecule has 0 aliphatic carbocycles. The second-order valence-electron chi connectivity index (χ2n) is 10.7. The first-order valence-corrected chi connectivity index (χ1v) is 15.3. The standard InChI is InChI=1S/C28H33F2N7O3S/c1-7-17(4)19-14-22(25-20(29)12-18(38)13-21(25)30)34-35-26(19)28(5,16(2)3)23-8-10-31-27(33-23)37-15-32-24(36-37)9-11-41(6,39)40/h8,10,12-17,38H,7,9,11H2,1-6H3/t17-,28?/m0/s1. The Morgan fingerprint density at radius 3 is 2.37 bits per heavy atom. The lowest BCUT2D eigenvalue weighted by Gasteiger charge is -2.35. The van der Waals surface area contributed by atoms with E-state index in [9.17, 15) is 22.3 Å². The van der Waals surface area contributed by atoms with Crippen molar-refractivity contribution in [1.29, 1.82) is 0 Å². The van der Waals surface area contributed by atoms with Crippen LogP contribution >= 0.6 is 0 Å². The van der Waals surface area contributed by atoms with E-state index in [4.69, 9.17) is 4.98 Å². The summed E-state index contributed by atoms with van der Waals surface area (Å²) >= 11 is 0. The zero-order valence-electron chi connectivity index (χ0n) is 23.8. The highest BCUT2D eigenvalue weighted by Gasteiger charge is 2.39. The fourth-order valence-electron chi connectivity index (χ4n) is 4.56. The molecule has 3 aromatic heterocycles. The molecule has 2 atom stereocenters. The van der Waals surface area contributed by atoms with E-state index in [1.54, 1.807) is 18.3 Å². The van der Waals surface area contributed by atoms with Gasteiger partial charge in [-0.15, -0.1) is 10.2 Å². The first kappa shape index (κ1) is 30.1. The fraction of sp³-hybridized carbons (Fsp3) is 0.429. The van der Waals surface area contributed by atoms with Crippen LogP contribution in [0.3, 0.4) is 0 Å². The molecule has 10 nitrogen and oxygen atoms in total. The number of hydrogen-bond acceptors (Lipinski definition) is 9. The maximum absolute atomic E-state index is 14.7. The molecule has 0 fully saturated rings. The minimum atomic E-state index is -3.17. The van der Waals surface area contributed by atoms with Gasteiger partial charge in [-0.1, -0.05) is 27.7 Å². The van der Waals surface area contributed by atoms with Crippen LogP contribution in [0.4, 0.5) is 8.78 Å². The summed E-state index contributed by atoms with van der Waals surface area (Å²) in [6, 6.07) is 5.12. The minimum absolute atomic E-state index is 0.0257. The van der Waals surface area contributed by atoms with E-state index >= 15 is 0 Å². The highest BCUT2D eigenvalue weighted by molar-refractivity contribution is 7.90. The third-order valence-corrected chi connectivity index (χ3v) is 8.46. The monoisotopic (exact) mass is 585 g/mol. The van der Waals surface area contributed by atoms with Crippen LogP contribution in [-0.2, 0) is 21.7 Å². The number of phenols is 1. The zero-order chi connectivity index (χ0) is 30.1. The molecule has 0 saturated heterocycles. The van der Waals surface area contributed by atoms with Crippen LogP contribution in [0.25, 0.3) is 17.2 Å². The van der Waals surface area contributed by atoms with Crippen molar-refractivity contribution < 1.29 is 22.3 Å². The summed E-state index contributed by atoms with van der Waals surface area (Å²) in [5.74, 6) is -1.94. The summed E-state index contributed by atoms with van der Waals surface area (Å²) in [6.07, 6.45) is 5.09. The van der Waals surface area contributed by atoms with Crippen LogP contribution in [0.2, 0.25) is 0 Å². The highest BCUT2D eigenvalue weighted by Crippen LogP contribution is 2.42. The average molecular weight is 586 g/mol. The van der Waals surface area contributed by atoms with Gasteiger partial charge in [-0.25, -0.2) is 32.2 Å². The summed E-state index contributed by atoms with van der Waals surface area (Å²) in [5, 5.41) is 22.7. The molecule has 4 rings (SSSR count). The predicted octanol–water partition coefficient (Wildman–Crippen LogP) is 4.56. The van der Waals surface area contributed by atoms with Gasteiger partial charge in [0.05, 0.1) is 33.8 Å². The number of rotatable bonds is 10. The first-order chi connectivity index (χ1) is 19.2. The molecule has 0 bridgehead atoms. The van der Waals surface area contributed by atoms with Crippen molar-refractivity contribution in [2.45, 2.75) is 58.8 Å². The van der Waals surface area contributed by atoms with Gasteiger partial charge in [-0.2, -0.15) is 9.78 Å². The van der Waals surface area contributed by atoms with E-state index in [1.807, 2.05) is 34.6 Å². The molecule has 1 N–H and O–H groups in total. The van der Waals surface area contributed by atoms with Gasteiger partial charge >= 0.3 is 0 Å². The van der Waals surface area contributed by atoms with Crippen LogP contribution in [0.15, 0.2) is 36.8 Å². The van der Waals surface area contributed by atoms with E-state index in [1.165, 1.54) is 11.0 Å². The van der Waals surface area contributed by atoms with Crippen molar-refractivity contribution in [3.05, 3.63) is 71.2 Å². The molecule has 1 aromatic carbocycles. The van der Waals surface area contributed by atoms with Gasteiger partial charge in [-0.05, 0) is 42.9 Å². The Morgan fingerprint density at radius 2 is 1.76 bits per heavy atom. The Bertz CT molecular complexity index is 1650. The van der Waals surface area contributed by atoms with Crippen molar-refractivity contribution in [3.63, 3.8) is 0 Å². The maximum Gasteiger partial charge on any atom is 0.252 e. The molecule has 0 amide bonds. The molecule has 0 saturated carbocycles. The molecule has 4 aromatic rings. The summed E-state index contributed by atoms with van der Waals surface area (Å²) in [4.78, 5) is 13.3. The molecule has 3 heterocycles. The summed E-state index contributed by atoms with van der Waals surface area (Å²) in [5.41, 5.74) is 0.872. The largest absolute Gasteiger partial charge is 0.508 e. The molecular weight excluding hydrogens is 552 g/mol. The quantitative estimate of drug-likeness (QED) is 0.284. The van der Waals surface area contributed by atoms with Crippen LogP contribution in [-0.4, -0.2) is 60.5 Å². The summed E-state index contributed by atoms with van der Waals surface area (Å²) < 4.78 is 53.9. The summed E-state index contributed by atoms with van der Waals surface area (Å²) in [6.45, 7) is 10.1. The van der Waals surface area contributed by atoms with Crippen molar-refractivity contribution >= 4 is 9.84 Å². The molecular formula is C28H33F2N7O3S. The normalized spacial score (nSPS) is 14.3. The summed E-state index contributed by atoms with van der Waals surface area (Å²) in [7, 11) is -3.17. The second-order valence-corrected chi connectivity index (χ2v) is 13.0. The minimum Gasteiger partial charge on any atom is -0.508 e. The Hall–Kier alpha value is -3.87. The van der Waals surface area contributed by atoms with Crippen LogP contribution in [0, 0.1) is 17.6 Å². The number of benzene rings is 1. The van der Waals surface area contributed by atoms with Gasteiger partial charge < -0.3 is 5.11 Å². The first-order valence-electron chi connectivity index (χ1n) is 13.2. The van der Waals surface area contributed by atoms with E-state index < -0.39 is 32.6 Å². The van der Waals surface area contributed by atoms with Crippen molar-refractivity contribution in [3.8, 4) is 23.0 Å². The molecule has 0 spiro atoms. The van der Waals surface area contributed by atoms with Crippen molar-refractivity contribution in [2.75, 3.05) is 12.0 Å². The topological polar surface area (TPSA) is 137 Å². The third-order valence-electron chi connectivity index (χ3n) is 7.51. The van der Waals surface area contributed by atoms with Crippen molar-refractivity contribution in [2.24, 2.45) is 5.92 Å². The molecule has 218 valence electrons. The second kappa shape index (κ2) is 11.6. The van der Waals surface area contributed by atoms with Gasteiger partial charge in [0.2, 0.25) is 0 Å². The Balaban J connectivity index is 1.82. The number of halogens is 2. The average Bonchev–Trinajstić information content (AvgIpc) is 3.39. The Morgan fingerprint density at radius 1 is 1.07 bits per heavy atom. The van der Waals surface area contributed by atoms with Crippen LogP contribution in [0.1, 0.15) is 69.7 Å². The van der Waals surface area contributed by atoms with E-state index in [2.05, 4.69) is 25.3 Å². The van der Waals surface area contributed by atoms with Gasteiger partial charge in [0.1, 0.15) is 33.5 Å². The molecule has 13 heteroatoms. The zero-order valence-corrected chi connectivity index (χ0v) is 24.6. The maximum atomic E-state index is 14.7. The number of aromatic nitrogens is 7. The number of phenolic OH excluding ortho intramolecular Hbond substituents is 1. The van der Waals surface area contributed by atoms with Crippen molar-refractivity contribution in [1.82, 2.24) is 34.9 Å². The number of sulfone groups is 1. The lowest BCUT2D eigenvalue weighted by atomic mass is 9.70. The van der Waals surface area contributed by atoms with Crippen LogP contribution in [0.5, 0.6) is 5.75 Å². The molecule has 0 aliphatic heterocycles. The van der Waals surface area contributed by atoms with Gasteiger partial charge in [-0.3, -0.25) is 0 Å². The fourth-order valence-corrected chi connectivity index (χ4v) is 5.11. The number of hydrogen-bond donors (Lipinski definition) is 1.